The Balaban J connectivity index is 2.10. The van der Waals surface area contributed by atoms with Crippen LogP contribution in [-0.2, 0) is 4.79 Å². The first-order valence-corrected chi connectivity index (χ1v) is 8.42. The number of likely N-dealkylation sites (N-methyl/N-ethyl adjacent to an activating group) is 2. The largest absolute Gasteiger partial charge is 0.355 e. The molecule has 2 rings (SSSR count). The van der Waals surface area contributed by atoms with Crippen molar-refractivity contribution < 1.29 is 14.4 Å². The molecule has 0 aliphatic carbocycles. The minimum Gasteiger partial charge on any atom is -0.355 e. The predicted octanol–water partition coefficient (Wildman–Crippen LogP) is 1.93. The highest BCUT2D eigenvalue weighted by Gasteiger charge is 2.17. The molecule has 0 aliphatic heterocycles. The SMILES string of the molecule is CCNC(=O)CN(CC)C(=O)c1cccc(NC(=O)c2cccnc2)c1. The van der Waals surface area contributed by atoms with Crippen LogP contribution < -0.4 is 10.6 Å². The molecule has 0 saturated carbocycles. The van der Waals surface area contributed by atoms with E-state index in [-0.39, 0.29) is 24.3 Å². The Bertz CT molecular complexity index is 777. The van der Waals surface area contributed by atoms with Gasteiger partial charge in [-0.25, -0.2) is 0 Å². The Morgan fingerprint density at radius 2 is 1.85 bits per heavy atom. The molecular formula is C19H22N4O3. The van der Waals surface area contributed by atoms with Gasteiger partial charge in [-0.15, -0.1) is 0 Å². The number of hydrogen-bond donors (Lipinski definition) is 2. The topological polar surface area (TPSA) is 91.4 Å². The number of benzene rings is 1. The Labute approximate surface area is 152 Å². The Morgan fingerprint density at radius 1 is 1.08 bits per heavy atom. The molecule has 0 spiro atoms. The summed E-state index contributed by atoms with van der Waals surface area (Å²) in [6.07, 6.45) is 3.06. The lowest BCUT2D eigenvalue weighted by molar-refractivity contribution is -0.121. The smallest absolute Gasteiger partial charge is 0.257 e. The van der Waals surface area contributed by atoms with Gasteiger partial charge in [0.25, 0.3) is 11.8 Å². The second-order valence-corrected chi connectivity index (χ2v) is 5.55. The first-order valence-electron chi connectivity index (χ1n) is 8.42. The summed E-state index contributed by atoms with van der Waals surface area (Å²) >= 11 is 0. The van der Waals surface area contributed by atoms with Crippen LogP contribution in [0, 0.1) is 0 Å². The molecule has 0 unspecified atom stereocenters. The number of rotatable bonds is 7. The molecule has 26 heavy (non-hydrogen) atoms. The zero-order valence-corrected chi connectivity index (χ0v) is 14.9. The maximum Gasteiger partial charge on any atom is 0.257 e. The van der Waals surface area contributed by atoms with Crippen molar-refractivity contribution in [2.45, 2.75) is 13.8 Å². The van der Waals surface area contributed by atoms with Crippen molar-refractivity contribution in [1.82, 2.24) is 15.2 Å². The van der Waals surface area contributed by atoms with Gasteiger partial charge < -0.3 is 15.5 Å². The van der Waals surface area contributed by atoms with Gasteiger partial charge >= 0.3 is 0 Å². The number of aromatic nitrogens is 1. The summed E-state index contributed by atoms with van der Waals surface area (Å²) in [7, 11) is 0. The standard InChI is InChI=1S/C19H22N4O3/c1-3-21-17(24)13-23(4-2)19(26)14-7-5-9-16(11-14)22-18(25)15-8-6-10-20-12-15/h5-12H,3-4,13H2,1-2H3,(H,21,24)(H,22,25). The number of nitrogens with zero attached hydrogens (tertiary/aromatic N) is 2. The molecule has 3 amide bonds. The summed E-state index contributed by atoms with van der Waals surface area (Å²) in [6.45, 7) is 4.55. The average Bonchev–Trinajstić information content (AvgIpc) is 2.66. The number of carbonyl (C=O) groups excluding carboxylic acids is 3. The lowest BCUT2D eigenvalue weighted by Gasteiger charge is -2.20. The third-order valence-electron chi connectivity index (χ3n) is 3.67. The molecule has 7 nitrogen and oxygen atoms in total. The van der Waals surface area contributed by atoms with E-state index in [1.165, 1.54) is 11.1 Å². The summed E-state index contributed by atoms with van der Waals surface area (Å²) < 4.78 is 0. The molecule has 7 heteroatoms. The van der Waals surface area contributed by atoms with Gasteiger partial charge in [-0.05, 0) is 44.2 Å². The van der Waals surface area contributed by atoms with Crippen molar-refractivity contribution in [3.8, 4) is 0 Å². The van der Waals surface area contributed by atoms with Crippen LogP contribution in [0.4, 0.5) is 5.69 Å². The van der Waals surface area contributed by atoms with Crippen LogP contribution in [0.5, 0.6) is 0 Å². The summed E-state index contributed by atoms with van der Waals surface area (Å²) in [5.41, 5.74) is 1.33. The first kappa shape index (κ1) is 19.1. The normalized spacial score (nSPS) is 10.1. The second kappa shape index (κ2) is 9.31. The van der Waals surface area contributed by atoms with Crippen LogP contribution in [0.25, 0.3) is 0 Å². The molecule has 0 saturated heterocycles. The molecule has 1 aromatic carbocycles. The minimum atomic E-state index is -0.308. The summed E-state index contributed by atoms with van der Waals surface area (Å²) in [6, 6.07) is 9.97. The zero-order valence-electron chi connectivity index (χ0n) is 14.9. The summed E-state index contributed by atoms with van der Waals surface area (Å²) in [5, 5.41) is 5.42. The van der Waals surface area contributed by atoms with E-state index in [1.54, 1.807) is 42.6 Å². The van der Waals surface area contributed by atoms with Gasteiger partial charge in [-0.3, -0.25) is 19.4 Å². The van der Waals surface area contributed by atoms with Crippen molar-refractivity contribution in [3.05, 3.63) is 59.9 Å². The monoisotopic (exact) mass is 354 g/mol. The Kier molecular flexibility index (Phi) is 6.84. The average molecular weight is 354 g/mol. The molecule has 1 heterocycles. The van der Waals surface area contributed by atoms with Crippen molar-refractivity contribution in [2.75, 3.05) is 25.0 Å². The van der Waals surface area contributed by atoms with E-state index in [0.29, 0.717) is 29.9 Å². The van der Waals surface area contributed by atoms with Gasteiger partial charge in [0.1, 0.15) is 0 Å². The van der Waals surface area contributed by atoms with E-state index in [1.807, 2.05) is 13.8 Å². The fourth-order valence-electron chi connectivity index (χ4n) is 2.37. The van der Waals surface area contributed by atoms with Gasteiger partial charge in [0.15, 0.2) is 0 Å². The highest BCUT2D eigenvalue weighted by atomic mass is 16.2. The van der Waals surface area contributed by atoms with Crippen molar-refractivity contribution in [3.63, 3.8) is 0 Å². The molecule has 0 aliphatic rings. The fraction of sp³-hybridized carbons (Fsp3) is 0.263. The minimum absolute atomic E-state index is 0.00452. The fourth-order valence-corrected chi connectivity index (χ4v) is 2.37. The van der Waals surface area contributed by atoms with Crippen LogP contribution in [0.3, 0.4) is 0 Å². The maximum atomic E-state index is 12.6. The van der Waals surface area contributed by atoms with Gasteiger partial charge in [0, 0.05) is 36.7 Å². The van der Waals surface area contributed by atoms with E-state index in [2.05, 4.69) is 15.6 Å². The molecule has 0 bridgehead atoms. The van der Waals surface area contributed by atoms with Crippen LogP contribution in [-0.4, -0.2) is 47.2 Å². The highest BCUT2D eigenvalue weighted by Crippen LogP contribution is 2.14. The number of anilines is 1. The lowest BCUT2D eigenvalue weighted by Crippen LogP contribution is -2.40. The van der Waals surface area contributed by atoms with Crippen molar-refractivity contribution in [1.29, 1.82) is 0 Å². The summed E-state index contributed by atoms with van der Waals surface area (Å²) in [4.78, 5) is 42.0. The third kappa shape index (κ3) is 5.14. The molecule has 0 fully saturated rings. The quantitative estimate of drug-likeness (QED) is 0.795. The van der Waals surface area contributed by atoms with Crippen molar-refractivity contribution in [2.24, 2.45) is 0 Å². The van der Waals surface area contributed by atoms with E-state index < -0.39 is 0 Å². The van der Waals surface area contributed by atoms with Crippen LogP contribution in [0.2, 0.25) is 0 Å². The first-order chi connectivity index (χ1) is 12.5. The van der Waals surface area contributed by atoms with Crippen LogP contribution in [0.15, 0.2) is 48.8 Å². The number of amides is 3. The highest BCUT2D eigenvalue weighted by molar-refractivity contribution is 6.05. The zero-order chi connectivity index (χ0) is 18.9. The van der Waals surface area contributed by atoms with Gasteiger partial charge in [-0.2, -0.15) is 0 Å². The molecule has 0 atom stereocenters. The molecular weight excluding hydrogens is 332 g/mol. The Morgan fingerprint density at radius 3 is 2.50 bits per heavy atom. The maximum absolute atomic E-state index is 12.6. The molecule has 0 radical (unpaired) electrons. The van der Waals surface area contributed by atoms with Gasteiger partial charge in [-0.1, -0.05) is 6.07 Å². The van der Waals surface area contributed by atoms with E-state index >= 15 is 0 Å². The van der Waals surface area contributed by atoms with Gasteiger partial charge in [0.2, 0.25) is 5.91 Å². The second-order valence-electron chi connectivity index (χ2n) is 5.55. The van der Waals surface area contributed by atoms with Crippen molar-refractivity contribution >= 4 is 23.4 Å². The Hall–Kier alpha value is -3.22. The van der Waals surface area contributed by atoms with E-state index in [9.17, 15) is 14.4 Å². The summed E-state index contributed by atoms with van der Waals surface area (Å²) in [5.74, 6) is -0.780. The molecule has 2 N–H and O–H groups in total. The lowest BCUT2D eigenvalue weighted by atomic mass is 10.1. The molecule has 1 aromatic heterocycles. The van der Waals surface area contributed by atoms with Gasteiger partial charge in [0.05, 0.1) is 12.1 Å². The van der Waals surface area contributed by atoms with Crippen LogP contribution >= 0.6 is 0 Å². The molecule has 2 aromatic rings. The van der Waals surface area contributed by atoms with Crippen LogP contribution in [0.1, 0.15) is 34.6 Å². The van der Waals surface area contributed by atoms with E-state index in [0.717, 1.165) is 0 Å². The number of pyridine rings is 1. The molecule has 136 valence electrons. The number of hydrogen-bond acceptors (Lipinski definition) is 4. The number of nitrogens with one attached hydrogen (secondary N) is 2. The third-order valence-corrected chi connectivity index (χ3v) is 3.67. The predicted molar refractivity (Wildman–Crippen MR) is 98.9 cm³/mol. The number of carbonyl (C=O) groups is 3. The van der Waals surface area contributed by atoms with E-state index in [4.69, 9.17) is 0 Å².